The molecule has 0 saturated heterocycles. The number of nitrogens with one attached hydrogen (secondary N) is 2. The summed E-state index contributed by atoms with van der Waals surface area (Å²) in [6, 6.07) is 8.65. The third kappa shape index (κ3) is 4.55. The van der Waals surface area contributed by atoms with E-state index in [9.17, 15) is 10.1 Å². The van der Waals surface area contributed by atoms with Gasteiger partial charge in [-0.25, -0.2) is 9.55 Å². The average molecular weight is 429 g/mol. The standard InChI is InChI=1S/C21H25ClN6O2/c1-14-25-13-21(28(29)30)27(14)11-10-23-16-3-5-17(6-4-16)26-19-8-9-24-20-12-15(22)2-7-18(19)20/h2,7-9,12-13,16-17,23H,3-6,10-11H2,1H3,(H,24,26)/t16-,17+. The number of pyridine rings is 1. The molecule has 4 rings (SSSR count). The number of aryl methyl sites for hydroxylation is 1. The molecule has 30 heavy (non-hydrogen) atoms. The van der Waals surface area contributed by atoms with Crippen LogP contribution in [0.1, 0.15) is 31.5 Å². The summed E-state index contributed by atoms with van der Waals surface area (Å²) in [5.41, 5.74) is 1.99. The smallest absolute Gasteiger partial charge is 0.342 e. The minimum absolute atomic E-state index is 0.0491. The van der Waals surface area contributed by atoms with Crippen LogP contribution in [0.3, 0.4) is 0 Å². The van der Waals surface area contributed by atoms with E-state index < -0.39 is 0 Å². The number of aromatic nitrogens is 3. The summed E-state index contributed by atoms with van der Waals surface area (Å²) in [6.07, 6.45) is 7.40. The molecule has 2 heterocycles. The first-order valence-electron chi connectivity index (χ1n) is 10.2. The number of imidazole rings is 1. The number of rotatable bonds is 7. The molecule has 1 fully saturated rings. The molecule has 1 aliphatic carbocycles. The first-order chi connectivity index (χ1) is 14.5. The quantitative estimate of drug-likeness (QED) is 0.429. The lowest BCUT2D eigenvalue weighted by atomic mass is 9.91. The highest BCUT2D eigenvalue weighted by atomic mass is 35.5. The number of nitrogens with zero attached hydrogens (tertiary/aromatic N) is 4. The van der Waals surface area contributed by atoms with Gasteiger partial charge in [0.15, 0.2) is 5.82 Å². The Labute approximate surface area is 179 Å². The van der Waals surface area contributed by atoms with Crippen molar-refractivity contribution in [2.45, 2.75) is 51.2 Å². The van der Waals surface area contributed by atoms with Gasteiger partial charge in [0, 0.05) is 47.8 Å². The monoisotopic (exact) mass is 428 g/mol. The second-order valence-corrected chi connectivity index (χ2v) is 8.18. The van der Waals surface area contributed by atoms with Gasteiger partial charge in [0.2, 0.25) is 0 Å². The number of halogens is 1. The fourth-order valence-electron chi connectivity index (χ4n) is 4.17. The Balaban J connectivity index is 1.28. The molecule has 0 atom stereocenters. The molecule has 2 aromatic heterocycles. The SMILES string of the molecule is Cc1ncc([N+](=O)[O-])n1CCN[C@H]1CC[C@@H](Nc2ccnc3cc(Cl)ccc23)CC1. The van der Waals surface area contributed by atoms with Gasteiger partial charge in [-0.3, -0.25) is 4.98 Å². The summed E-state index contributed by atoms with van der Waals surface area (Å²) in [5, 5.41) is 20.1. The second-order valence-electron chi connectivity index (χ2n) is 7.74. The van der Waals surface area contributed by atoms with Crippen LogP contribution in [0.15, 0.2) is 36.7 Å². The van der Waals surface area contributed by atoms with E-state index in [2.05, 4.69) is 20.6 Å². The van der Waals surface area contributed by atoms with E-state index in [4.69, 9.17) is 11.6 Å². The zero-order chi connectivity index (χ0) is 21.1. The van der Waals surface area contributed by atoms with Crippen LogP contribution in [0, 0.1) is 17.0 Å². The first kappa shape index (κ1) is 20.6. The number of nitro groups is 1. The van der Waals surface area contributed by atoms with Crippen LogP contribution < -0.4 is 10.6 Å². The normalized spacial score (nSPS) is 19.1. The minimum Gasteiger partial charge on any atom is -0.382 e. The molecule has 0 bridgehead atoms. The third-order valence-corrected chi connectivity index (χ3v) is 6.02. The molecular weight excluding hydrogens is 404 g/mol. The Morgan fingerprint density at radius 1 is 1.20 bits per heavy atom. The van der Waals surface area contributed by atoms with Crippen LogP contribution in [0.5, 0.6) is 0 Å². The van der Waals surface area contributed by atoms with E-state index in [0.717, 1.165) is 42.3 Å². The molecule has 9 heteroatoms. The largest absolute Gasteiger partial charge is 0.382 e. The van der Waals surface area contributed by atoms with Gasteiger partial charge in [0.25, 0.3) is 0 Å². The molecule has 3 aromatic rings. The van der Waals surface area contributed by atoms with E-state index in [1.54, 1.807) is 11.5 Å². The van der Waals surface area contributed by atoms with Crippen LogP contribution in [0.25, 0.3) is 10.9 Å². The van der Waals surface area contributed by atoms with Gasteiger partial charge in [0.05, 0.1) is 5.52 Å². The number of anilines is 1. The van der Waals surface area contributed by atoms with Gasteiger partial charge >= 0.3 is 5.82 Å². The molecule has 0 radical (unpaired) electrons. The lowest BCUT2D eigenvalue weighted by Gasteiger charge is -2.30. The minimum atomic E-state index is -0.381. The van der Waals surface area contributed by atoms with Gasteiger partial charge in [-0.1, -0.05) is 11.6 Å². The Hall–Kier alpha value is -2.71. The molecular formula is C21H25ClN6O2. The summed E-state index contributed by atoms with van der Waals surface area (Å²) in [4.78, 5) is 19.2. The van der Waals surface area contributed by atoms with Crippen LogP contribution in [-0.4, -0.2) is 38.1 Å². The van der Waals surface area contributed by atoms with Crippen molar-refractivity contribution in [2.24, 2.45) is 0 Å². The van der Waals surface area contributed by atoms with E-state index in [1.165, 1.54) is 6.20 Å². The van der Waals surface area contributed by atoms with Crippen molar-refractivity contribution in [2.75, 3.05) is 11.9 Å². The van der Waals surface area contributed by atoms with Crippen molar-refractivity contribution in [1.82, 2.24) is 19.9 Å². The molecule has 0 aliphatic heterocycles. The molecule has 0 spiro atoms. The third-order valence-electron chi connectivity index (χ3n) is 5.78. The van der Waals surface area contributed by atoms with Gasteiger partial charge in [-0.05, 0) is 54.9 Å². The lowest BCUT2D eigenvalue weighted by molar-refractivity contribution is -0.392. The van der Waals surface area contributed by atoms with Gasteiger partial charge in [-0.15, -0.1) is 0 Å². The van der Waals surface area contributed by atoms with E-state index >= 15 is 0 Å². The zero-order valence-corrected chi connectivity index (χ0v) is 17.6. The number of fused-ring (bicyclic) bond motifs is 1. The van der Waals surface area contributed by atoms with Crippen molar-refractivity contribution in [3.05, 3.63) is 57.6 Å². The fraction of sp³-hybridized carbons (Fsp3) is 0.429. The summed E-state index contributed by atoms with van der Waals surface area (Å²) in [6.45, 7) is 3.03. The highest BCUT2D eigenvalue weighted by Gasteiger charge is 2.22. The first-order valence-corrected chi connectivity index (χ1v) is 10.6. The molecule has 158 valence electrons. The Bertz CT molecular complexity index is 1050. The van der Waals surface area contributed by atoms with E-state index in [0.29, 0.717) is 36.0 Å². The van der Waals surface area contributed by atoms with Gasteiger partial charge in [0.1, 0.15) is 12.7 Å². The molecule has 1 saturated carbocycles. The van der Waals surface area contributed by atoms with Crippen molar-refractivity contribution >= 4 is 34.0 Å². The number of benzene rings is 1. The van der Waals surface area contributed by atoms with Crippen LogP contribution in [0.2, 0.25) is 5.02 Å². The predicted molar refractivity (Wildman–Crippen MR) is 118 cm³/mol. The Morgan fingerprint density at radius 3 is 2.73 bits per heavy atom. The molecule has 1 aliphatic rings. The van der Waals surface area contributed by atoms with Crippen LogP contribution in [-0.2, 0) is 6.54 Å². The van der Waals surface area contributed by atoms with Gasteiger partial charge in [-0.2, -0.15) is 0 Å². The summed E-state index contributed by atoms with van der Waals surface area (Å²) in [5.74, 6) is 0.718. The van der Waals surface area contributed by atoms with Crippen molar-refractivity contribution < 1.29 is 4.92 Å². The van der Waals surface area contributed by atoms with Crippen molar-refractivity contribution in [3.63, 3.8) is 0 Å². The van der Waals surface area contributed by atoms with Crippen molar-refractivity contribution in [1.29, 1.82) is 0 Å². The topological polar surface area (TPSA) is 97.9 Å². The zero-order valence-electron chi connectivity index (χ0n) is 16.8. The average Bonchev–Trinajstić information content (AvgIpc) is 3.10. The maximum Gasteiger partial charge on any atom is 0.342 e. The van der Waals surface area contributed by atoms with E-state index in [-0.39, 0.29) is 10.7 Å². The molecule has 0 amide bonds. The Kier molecular flexibility index (Phi) is 6.15. The lowest BCUT2D eigenvalue weighted by Crippen LogP contribution is -2.38. The van der Waals surface area contributed by atoms with Gasteiger partial charge < -0.3 is 20.7 Å². The molecule has 0 unspecified atom stereocenters. The maximum absolute atomic E-state index is 11.1. The van der Waals surface area contributed by atoms with E-state index in [1.807, 2.05) is 30.5 Å². The summed E-state index contributed by atoms with van der Waals surface area (Å²) < 4.78 is 1.65. The molecule has 2 N–H and O–H groups in total. The van der Waals surface area contributed by atoms with Crippen molar-refractivity contribution in [3.8, 4) is 0 Å². The fourth-order valence-corrected chi connectivity index (χ4v) is 4.33. The number of hydrogen-bond donors (Lipinski definition) is 2. The summed E-state index contributed by atoms with van der Waals surface area (Å²) >= 11 is 6.08. The predicted octanol–water partition coefficient (Wildman–Crippen LogP) is 4.31. The maximum atomic E-state index is 11.1. The van der Waals surface area contributed by atoms with Crippen LogP contribution >= 0.6 is 11.6 Å². The Morgan fingerprint density at radius 2 is 1.97 bits per heavy atom. The number of hydrogen-bond acceptors (Lipinski definition) is 6. The summed E-state index contributed by atoms with van der Waals surface area (Å²) in [7, 11) is 0. The molecule has 1 aromatic carbocycles. The highest BCUT2D eigenvalue weighted by molar-refractivity contribution is 6.31. The second kappa shape index (κ2) is 8.97. The highest BCUT2D eigenvalue weighted by Crippen LogP contribution is 2.28. The van der Waals surface area contributed by atoms with Crippen LogP contribution in [0.4, 0.5) is 11.5 Å². The molecule has 8 nitrogen and oxygen atoms in total.